The van der Waals surface area contributed by atoms with Gasteiger partial charge in [0, 0.05) is 23.5 Å². The van der Waals surface area contributed by atoms with Crippen LogP contribution in [0, 0.1) is 6.92 Å². The van der Waals surface area contributed by atoms with Crippen LogP contribution in [0.4, 0.5) is 11.6 Å². The third kappa shape index (κ3) is 4.08. The van der Waals surface area contributed by atoms with Crippen LogP contribution >= 0.6 is 22.9 Å². The number of hydrogen-bond acceptors (Lipinski definition) is 5. The average molecular weight is 311 g/mol. The highest BCUT2D eigenvalue weighted by Gasteiger charge is 2.06. The van der Waals surface area contributed by atoms with Crippen LogP contribution in [0.2, 0.25) is 4.34 Å². The molecule has 0 radical (unpaired) electrons. The number of aromatic nitrogens is 2. The molecular formula is C14H19ClN4S. The zero-order valence-corrected chi connectivity index (χ0v) is 13.3. The molecule has 0 aliphatic rings. The van der Waals surface area contributed by atoms with Crippen molar-refractivity contribution in [3.05, 3.63) is 33.2 Å². The molecule has 0 fully saturated rings. The average Bonchev–Trinajstić information content (AvgIpc) is 2.85. The molecular weight excluding hydrogens is 292 g/mol. The van der Waals surface area contributed by atoms with Gasteiger partial charge in [0.1, 0.15) is 18.0 Å². The lowest BCUT2D eigenvalue weighted by Crippen LogP contribution is -2.10. The second kappa shape index (κ2) is 7.45. The van der Waals surface area contributed by atoms with E-state index in [0.717, 1.165) is 47.5 Å². The lowest BCUT2D eigenvalue weighted by molar-refractivity contribution is 0.954. The summed E-state index contributed by atoms with van der Waals surface area (Å²) in [5.74, 6) is 1.80. The molecule has 0 spiro atoms. The summed E-state index contributed by atoms with van der Waals surface area (Å²) in [5, 5.41) is 6.67. The number of rotatable bonds is 7. The van der Waals surface area contributed by atoms with Crippen molar-refractivity contribution in [3.63, 3.8) is 0 Å². The minimum absolute atomic E-state index is 0.835. The molecule has 2 N–H and O–H groups in total. The molecule has 2 aromatic heterocycles. The second-order valence-corrected chi connectivity index (χ2v) is 6.30. The Labute approximate surface area is 128 Å². The molecule has 0 saturated carbocycles. The summed E-state index contributed by atoms with van der Waals surface area (Å²) >= 11 is 7.54. The van der Waals surface area contributed by atoms with Gasteiger partial charge in [-0.05, 0) is 31.9 Å². The van der Waals surface area contributed by atoms with Gasteiger partial charge in [-0.3, -0.25) is 0 Å². The van der Waals surface area contributed by atoms with E-state index in [4.69, 9.17) is 11.6 Å². The first-order valence-electron chi connectivity index (χ1n) is 6.74. The van der Waals surface area contributed by atoms with E-state index in [2.05, 4.69) is 33.6 Å². The molecule has 0 atom stereocenters. The number of thiophene rings is 1. The summed E-state index contributed by atoms with van der Waals surface area (Å²) < 4.78 is 0.837. The maximum Gasteiger partial charge on any atom is 0.134 e. The van der Waals surface area contributed by atoms with Crippen LogP contribution in [0.3, 0.4) is 0 Å². The van der Waals surface area contributed by atoms with Gasteiger partial charge in [-0.25, -0.2) is 9.97 Å². The summed E-state index contributed by atoms with van der Waals surface area (Å²) in [6.45, 7) is 5.92. The monoisotopic (exact) mass is 310 g/mol. The minimum Gasteiger partial charge on any atom is -0.370 e. The van der Waals surface area contributed by atoms with Gasteiger partial charge >= 0.3 is 0 Å². The predicted molar refractivity (Wildman–Crippen MR) is 87.1 cm³/mol. The quantitative estimate of drug-likeness (QED) is 0.812. The first kappa shape index (κ1) is 15.1. The van der Waals surface area contributed by atoms with E-state index < -0.39 is 0 Å². The van der Waals surface area contributed by atoms with E-state index in [1.807, 2.05) is 13.0 Å². The minimum atomic E-state index is 0.835. The Morgan fingerprint density at radius 2 is 1.85 bits per heavy atom. The van der Waals surface area contributed by atoms with Gasteiger partial charge in [-0.1, -0.05) is 18.5 Å². The summed E-state index contributed by atoms with van der Waals surface area (Å²) in [6, 6.07) is 4.00. The van der Waals surface area contributed by atoms with Crippen LogP contribution in [0.1, 0.15) is 23.8 Å². The van der Waals surface area contributed by atoms with Crippen LogP contribution in [0.25, 0.3) is 0 Å². The second-order valence-electron chi connectivity index (χ2n) is 4.51. The van der Waals surface area contributed by atoms with Crippen molar-refractivity contribution in [2.45, 2.75) is 26.7 Å². The van der Waals surface area contributed by atoms with Crippen LogP contribution in [0.5, 0.6) is 0 Å². The molecule has 2 heterocycles. The fraction of sp³-hybridized carbons (Fsp3) is 0.429. The molecule has 2 rings (SSSR count). The fourth-order valence-electron chi connectivity index (χ4n) is 1.84. The number of nitrogens with zero attached hydrogens (tertiary/aromatic N) is 2. The highest BCUT2D eigenvalue weighted by molar-refractivity contribution is 7.16. The maximum absolute atomic E-state index is 5.92. The Balaban J connectivity index is 1.92. The van der Waals surface area contributed by atoms with E-state index in [0.29, 0.717) is 0 Å². The van der Waals surface area contributed by atoms with Crippen molar-refractivity contribution in [1.29, 1.82) is 0 Å². The van der Waals surface area contributed by atoms with E-state index >= 15 is 0 Å². The molecule has 0 aliphatic heterocycles. The van der Waals surface area contributed by atoms with Gasteiger partial charge in [-0.15, -0.1) is 11.3 Å². The smallest absolute Gasteiger partial charge is 0.134 e. The van der Waals surface area contributed by atoms with Crippen molar-refractivity contribution in [3.8, 4) is 0 Å². The van der Waals surface area contributed by atoms with Crippen molar-refractivity contribution in [1.82, 2.24) is 9.97 Å². The maximum atomic E-state index is 5.92. The normalized spacial score (nSPS) is 10.6. The third-order valence-electron chi connectivity index (χ3n) is 2.92. The van der Waals surface area contributed by atoms with Crippen LogP contribution in [-0.2, 0) is 6.42 Å². The van der Waals surface area contributed by atoms with Gasteiger partial charge in [0.2, 0.25) is 0 Å². The van der Waals surface area contributed by atoms with E-state index in [-0.39, 0.29) is 0 Å². The Hall–Kier alpha value is -1.33. The summed E-state index contributed by atoms with van der Waals surface area (Å²) in [6.07, 6.45) is 3.61. The Kier molecular flexibility index (Phi) is 5.61. The zero-order chi connectivity index (χ0) is 14.4. The van der Waals surface area contributed by atoms with Gasteiger partial charge in [0.25, 0.3) is 0 Å². The number of anilines is 2. The molecule has 108 valence electrons. The fourth-order valence-corrected chi connectivity index (χ4v) is 2.93. The Bertz CT molecular complexity index is 556. The van der Waals surface area contributed by atoms with Crippen molar-refractivity contribution in [2.24, 2.45) is 0 Å². The largest absolute Gasteiger partial charge is 0.370 e. The van der Waals surface area contributed by atoms with Crippen molar-refractivity contribution < 1.29 is 0 Å². The molecule has 0 unspecified atom stereocenters. The first-order valence-corrected chi connectivity index (χ1v) is 7.93. The van der Waals surface area contributed by atoms with Crippen molar-refractivity contribution >= 4 is 34.6 Å². The van der Waals surface area contributed by atoms with Gasteiger partial charge in [-0.2, -0.15) is 0 Å². The number of hydrogen-bond donors (Lipinski definition) is 2. The zero-order valence-electron chi connectivity index (χ0n) is 11.7. The van der Waals surface area contributed by atoms with E-state index in [1.165, 1.54) is 4.88 Å². The standard InChI is InChI=1S/C14H19ClN4S/c1-3-7-16-13-10(2)14(19-9-18-13)17-8-6-11-4-5-12(15)20-11/h4-5,9H,3,6-8H2,1-2H3,(H2,16,17,18,19). The predicted octanol–water partition coefficient (Wildman–Crippen LogP) is 3.98. The van der Waals surface area contributed by atoms with Gasteiger partial charge in [0.15, 0.2) is 0 Å². The van der Waals surface area contributed by atoms with Gasteiger partial charge in [0.05, 0.1) is 4.34 Å². The molecule has 0 aliphatic carbocycles. The number of halogens is 1. The molecule has 2 aromatic rings. The summed E-state index contributed by atoms with van der Waals surface area (Å²) in [7, 11) is 0. The van der Waals surface area contributed by atoms with E-state index in [9.17, 15) is 0 Å². The third-order valence-corrected chi connectivity index (χ3v) is 4.21. The first-order chi connectivity index (χ1) is 9.70. The van der Waals surface area contributed by atoms with E-state index in [1.54, 1.807) is 17.7 Å². The molecule has 0 amide bonds. The molecule has 6 heteroatoms. The highest BCUT2D eigenvalue weighted by Crippen LogP contribution is 2.22. The van der Waals surface area contributed by atoms with Crippen molar-refractivity contribution in [2.75, 3.05) is 23.7 Å². The Morgan fingerprint density at radius 1 is 1.15 bits per heavy atom. The molecule has 4 nitrogen and oxygen atoms in total. The topological polar surface area (TPSA) is 49.8 Å². The summed E-state index contributed by atoms with van der Waals surface area (Å²) in [4.78, 5) is 9.84. The number of nitrogens with one attached hydrogen (secondary N) is 2. The lowest BCUT2D eigenvalue weighted by Gasteiger charge is -2.12. The molecule has 20 heavy (non-hydrogen) atoms. The SMILES string of the molecule is CCCNc1ncnc(NCCc2ccc(Cl)s2)c1C. The molecule has 0 bridgehead atoms. The lowest BCUT2D eigenvalue weighted by atomic mass is 10.3. The summed E-state index contributed by atoms with van der Waals surface area (Å²) in [5.41, 5.74) is 1.06. The van der Waals surface area contributed by atoms with Crippen LogP contribution < -0.4 is 10.6 Å². The van der Waals surface area contributed by atoms with Gasteiger partial charge < -0.3 is 10.6 Å². The molecule has 0 saturated heterocycles. The highest BCUT2D eigenvalue weighted by atomic mass is 35.5. The molecule has 0 aromatic carbocycles. The Morgan fingerprint density at radius 3 is 2.45 bits per heavy atom. The van der Waals surface area contributed by atoms with Crippen LogP contribution in [0.15, 0.2) is 18.5 Å². The van der Waals surface area contributed by atoms with Crippen LogP contribution in [-0.4, -0.2) is 23.1 Å².